The average Bonchev–Trinajstić information content (AvgIpc) is 2.69. The van der Waals surface area contributed by atoms with Crippen LogP contribution < -0.4 is 10.6 Å². The summed E-state index contributed by atoms with van der Waals surface area (Å²) in [6, 6.07) is 2.07. The zero-order valence-electron chi connectivity index (χ0n) is 12.5. The Bertz CT molecular complexity index is 400. The zero-order valence-corrected chi connectivity index (χ0v) is 12.5. The summed E-state index contributed by atoms with van der Waals surface area (Å²) in [5.74, 6) is 0.142. The van der Waals surface area contributed by atoms with E-state index in [0.717, 1.165) is 31.7 Å². The zero-order chi connectivity index (χ0) is 14.3. The maximum absolute atomic E-state index is 11.8. The quantitative estimate of drug-likeness (QED) is 0.696. The molecule has 0 saturated heterocycles. The lowest BCUT2D eigenvalue weighted by Gasteiger charge is -2.12. The molecule has 1 unspecified atom stereocenters. The minimum atomic E-state index is 0.0219. The molecular weight excluding hydrogens is 240 g/mol. The molecule has 19 heavy (non-hydrogen) atoms. The fourth-order valence-corrected chi connectivity index (χ4v) is 1.97. The number of hydrogen-bond donors (Lipinski definition) is 2. The van der Waals surface area contributed by atoms with Crippen molar-refractivity contribution in [3.8, 4) is 0 Å². The second-order valence-electron chi connectivity index (χ2n) is 5.00. The van der Waals surface area contributed by atoms with Gasteiger partial charge >= 0.3 is 0 Å². The molecule has 0 fully saturated rings. The molecule has 0 aliphatic carbocycles. The summed E-state index contributed by atoms with van der Waals surface area (Å²) in [7, 11) is 0. The van der Waals surface area contributed by atoms with Crippen LogP contribution in [0, 0.1) is 19.8 Å². The summed E-state index contributed by atoms with van der Waals surface area (Å²) in [6.45, 7) is 11.2. The molecule has 0 saturated carbocycles. The van der Waals surface area contributed by atoms with Gasteiger partial charge in [0, 0.05) is 31.2 Å². The number of amides is 1. The molecule has 1 atom stereocenters. The van der Waals surface area contributed by atoms with Gasteiger partial charge < -0.3 is 10.6 Å². The second kappa shape index (κ2) is 7.94. The summed E-state index contributed by atoms with van der Waals surface area (Å²) < 4.78 is 1.99. The van der Waals surface area contributed by atoms with Crippen LogP contribution in [0.5, 0.6) is 0 Å². The van der Waals surface area contributed by atoms with Crippen LogP contribution in [-0.2, 0) is 11.3 Å². The highest BCUT2D eigenvalue weighted by Gasteiger charge is 2.11. The molecule has 2 N–H and O–H groups in total. The molecule has 0 aliphatic heterocycles. The third kappa shape index (κ3) is 5.42. The van der Waals surface area contributed by atoms with Crippen molar-refractivity contribution >= 4 is 5.91 Å². The molecular formula is C14H26N4O. The molecule has 108 valence electrons. The van der Waals surface area contributed by atoms with Crippen LogP contribution in [0.25, 0.3) is 0 Å². The third-order valence-electron chi connectivity index (χ3n) is 3.10. The van der Waals surface area contributed by atoms with Crippen LogP contribution in [0.2, 0.25) is 0 Å². The summed E-state index contributed by atoms with van der Waals surface area (Å²) in [6.07, 6.45) is 0.904. The van der Waals surface area contributed by atoms with Gasteiger partial charge in [0.15, 0.2) is 0 Å². The number of hydrogen-bond acceptors (Lipinski definition) is 3. The van der Waals surface area contributed by atoms with Gasteiger partial charge in [-0.05, 0) is 32.9 Å². The number of aryl methyl sites for hydroxylation is 3. The Kier molecular flexibility index (Phi) is 6.56. The van der Waals surface area contributed by atoms with E-state index in [1.807, 2.05) is 25.5 Å². The van der Waals surface area contributed by atoms with Crippen LogP contribution >= 0.6 is 0 Å². The summed E-state index contributed by atoms with van der Waals surface area (Å²) in [5.41, 5.74) is 2.21. The fourth-order valence-electron chi connectivity index (χ4n) is 1.97. The van der Waals surface area contributed by atoms with E-state index in [9.17, 15) is 4.79 Å². The lowest BCUT2D eigenvalue weighted by atomic mass is 10.1. The van der Waals surface area contributed by atoms with Crippen LogP contribution in [0.4, 0.5) is 0 Å². The molecule has 0 bridgehead atoms. The minimum absolute atomic E-state index is 0.0219. The highest BCUT2D eigenvalue weighted by Crippen LogP contribution is 2.02. The van der Waals surface area contributed by atoms with E-state index in [-0.39, 0.29) is 11.8 Å². The molecule has 1 heterocycles. The first-order valence-electron chi connectivity index (χ1n) is 7.04. The highest BCUT2D eigenvalue weighted by atomic mass is 16.1. The van der Waals surface area contributed by atoms with Crippen molar-refractivity contribution < 1.29 is 4.79 Å². The predicted molar refractivity (Wildman–Crippen MR) is 77.0 cm³/mol. The predicted octanol–water partition coefficient (Wildman–Crippen LogP) is 1.25. The number of carbonyl (C=O) groups is 1. The monoisotopic (exact) mass is 266 g/mol. The Balaban J connectivity index is 2.20. The van der Waals surface area contributed by atoms with Crippen molar-refractivity contribution in [1.29, 1.82) is 0 Å². The second-order valence-corrected chi connectivity index (χ2v) is 5.00. The summed E-state index contributed by atoms with van der Waals surface area (Å²) in [4.78, 5) is 11.8. The van der Waals surface area contributed by atoms with Gasteiger partial charge in [-0.25, -0.2) is 0 Å². The average molecular weight is 266 g/mol. The van der Waals surface area contributed by atoms with E-state index >= 15 is 0 Å². The maximum Gasteiger partial charge on any atom is 0.224 e. The Morgan fingerprint density at radius 3 is 2.79 bits per heavy atom. The summed E-state index contributed by atoms with van der Waals surface area (Å²) >= 11 is 0. The topological polar surface area (TPSA) is 59.0 Å². The van der Waals surface area contributed by atoms with Gasteiger partial charge in [-0.3, -0.25) is 9.48 Å². The molecule has 1 aromatic rings. The Morgan fingerprint density at radius 2 is 2.21 bits per heavy atom. The van der Waals surface area contributed by atoms with Gasteiger partial charge in [0.05, 0.1) is 5.69 Å². The van der Waals surface area contributed by atoms with Crippen molar-refractivity contribution in [3.63, 3.8) is 0 Å². The Hall–Kier alpha value is -1.36. The SMILES string of the molecule is CCNCC(C)C(=O)NCCCn1nc(C)cc1C. The van der Waals surface area contributed by atoms with Gasteiger partial charge in [-0.1, -0.05) is 13.8 Å². The van der Waals surface area contributed by atoms with Crippen LogP contribution in [-0.4, -0.2) is 35.3 Å². The molecule has 1 rings (SSSR count). The van der Waals surface area contributed by atoms with Gasteiger partial charge in [0.25, 0.3) is 0 Å². The molecule has 0 aliphatic rings. The van der Waals surface area contributed by atoms with Crippen molar-refractivity contribution in [1.82, 2.24) is 20.4 Å². The van der Waals surface area contributed by atoms with Crippen molar-refractivity contribution in [2.45, 2.75) is 40.7 Å². The summed E-state index contributed by atoms with van der Waals surface area (Å²) in [5, 5.41) is 10.5. The molecule has 0 aromatic carbocycles. The van der Waals surface area contributed by atoms with Crippen molar-refractivity contribution in [2.24, 2.45) is 5.92 Å². The Morgan fingerprint density at radius 1 is 1.47 bits per heavy atom. The third-order valence-corrected chi connectivity index (χ3v) is 3.10. The van der Waals surface area contributed by atoms with Gasteiger partial charge in [0.2, 0.25) is 5.91 Å². The number of nitrogens with zero attached hydrogens (tertiary/aromatic N) is 2. The molecule has 1 aromatic heterocycles. The van der Waals surface area contributed by atoms with Crippen LogP contribution in [0.1, 0.15) is 31.7 Å². The van der Waals surface area contributed by atoms with E-state index in [0.29, 0.717) is 6.54 Å². The van der Waals surface area contributed by atoms with E-state index in [2.05, 4.69) is 28.7 Å². The first-order valence-corrected chi connectivity index (χ1v) is 7.04. The molecule has 0 spiro atoms. The largest absolute Gasteiger partial charge is 0.356 e. The van der Waals surface area contributed by atoms with Crippen molar-refractivity contribution in [3.05, 3.63) is 17.5 Å². The first-order chi connectivity index (χ1) is 9.04. The normalized spacial score (nSPS) is 12.4. The lowest BCUT2D eigenvalue weighted by molar-refractivity contribution is -0.124. The smallest absolute Gasteiger partial charge is 0.224 e. The number of carbonyl (C=O) groups excluding carboxylic acids is 1. The molecule has 5 nitrogen and oxygen atoms in total. The van der Waals surface area contributed by atoms with E-state index in [1.165, 1.54) is 5.69 Å². The Labute approximate surface area is 115 Å². The van der Waals surface area contributed by atoms with E-state index < -0.39 is 0 Å². The first kappa shape index (κ1) is 15.7. The molecule has 5 heteroatoms. The van der Waals surface area contributed by atoms with Gasteiger partial charge in [-0.15, -0.1) is 0 Å². The van der Waals surface area contributed by atoms with Crippen LogP contribution in [0.3, 0.4) is 0 Å². The van der Waals surface area contributed by atoms with Gasteiger partial charge in [-0.2, -0.15) is 5.10 Å². The molecule has 1 amide bonds. The van der Waals surface area contributed by atoms with E-state index in [4.69, 9.17) is 0 Å². The van der Waals surface area contributed by atoms with Gasteiger partial charge in [0.1, 0.15) is 0 Å². The maximum atomic E-state index is 11.8. The fraction of sp³-hybridized carbons (Fsp3) is 0.714. The molecule has 0 radical (unpaired) electrons. The minimum Gasteiger partial charge on any atom is -0.356 e. The number of rotatable bonds is 8. The number of nitrogens with one attached hydrogen (secondary N) is 2. The van der Waals surface area contributed by atoms with Crippen LogP contribution in [0.15, 0.2) is 6.07 Å². The number of aromatic nitrogens is 2. The highest BCUT2D eigenvalue weighted by molar-refractivity contribution is 5.78. The lowest BCUT2D eigenvalue weighted by Crippen LogP contribution is -2.36. The van der Waals surface area contributed by atoms with E-state index in [1.54, 1.807) is 0 Å². The standard InChI is InChI=1S/C14H26N4O/c1-5-15-10-11(2)14(19)16-7-6-8-18-13(4)9-12(3)17-18/h9,11,15H,5-8,10H2,1-4H3,(H,16,19). The van der Waals surface area contributed by atoms with Crippen molar-refractivity contribution in [2.75, 3.05) is 19.6 Å².